The van der Waals surface area contributed by atoms with Crippen LogP contribution in [0.5, 0.6) is 11.5 Å². The summed E-state index contributed by atoms with van der Waals surface area (Å²) in [5, 5.41) is 2.10. The number of nitrogens with zero attached hydrogens (tertiary/aromatic N) is 1. The van der Waals surface area contributed by atoms with Crippen LogP contribution in [0.1, 0.15) is 15.2 Å². The van der Waals surface area contributed by atoms with Crippen molar-refractivity contribution in [1.29, 1.82) is 0 Å². The van der Waals surface area contributed by atoms with Crippen molar-refractivity contribution in [2.24, 2.45) is 0 Å². The topological polar surface area (TPSA) is 65.1 Å². The first-order valence-electron chi connectivity index (χ1n) is 9.36. The van der Waals surface area contributed by atoms with Gasteiger partial charge < -0.3 is 19.1 Å². The number of amides is 1. The number of ether oxygens (including phenoxy) is 3. The Hall–Kier alpha value is -3.10. The summed E-state index contributed by atoms with van der Waals surface area (Å²) in [6.45, 7) is 0.585. The number of carbonyl (C=O) groups excluding carboxylic acids is 2. The van der Waals surface area contributed by atoms with Crippen molar-refractivity contribution in [1.82, 2.24) is 0 Å². The predicted molar refractivity (Wildman–Crippen MR) is 115 cm³/mol. The summed E-state index contributed by atoms with van der Waals surface area (Å²) in [5.74, 6) is -1.08. The molecule has 4 rings (SSSR count). The van der Waals surface area contributed by atoms with Gasteiger partial charge in [0.15, 0.2) is 18.1 Å². The minimum Gasteiger partial charge on any atom is -0.486 e. The van der Waals surface area contributed by atoms with Crippen molar-refractivity contribution in [2.75, 3.05) is 24.7 Å². The molecule has 1 aromatic heterocycles. The Kier molecular flexibility index (Phi) is 6.39. The SMILES string of the molecule is O=C(OCC(=O)N(Cc1cccs1)c1ccc2c(c1)OCCO2)c1cc(Cl)ccc1F. The monoisotopic (exact) mass is 461 g/mol. The van der Waals surface area contributed by atoms with E-state index in [-0.39, 0.29) is 17.1 Å². The first-order valence-corrected chi connectivity index (χ1v) is 10.6. The van der Waals surface area contributed by atoms with Crippen LogP contribution in [0.25, 0.3) is 0 Å². The smallest absolute Gasteiger partial charge is 0.341 e. The van der Waals surface area contributed by atoms with Crippen LogP contribution in [0, 0.1) is 5.82 Å². The van der Waals surface area contributed by atoms with Crippen molar-refractivity contribution in [3.05, 3.63) is 75.2 Å². The Morgan fingerprint density at radius 2 is 1.90 bits per heavy atom. The van der Waals surface area contributed by atoms with Crippen LogP contribution in [0.15, 0.2) is 53.9 Å². The first-order chi connectivity index (χ1) is 15.0. The van der Waals surface area contributed by atoms with Crippen LogP contribution in [0.2, 0.25) is 5.02 Å². The molecule has 2 heterocycles. The highest BCUT2D eigenvalue weighted by Crippen LogP contribution is 2.34. The quantitative estimate of drug-likeness (QED) is 0.498. The molecule has 31 heavy (non-hydrogen) atoms. The van der Waals surface area contributed by atoms with E-state index in [4.69, 9.17) is 25.8 Å². The molecule has 0 radical (unpaired) electrons. The largest absolute Gasteiger partial charge is 0.486 e. The van der Waals surface area contributed by atoms with E-state index in [1.54, 1.807) is 18.2 Å². The number of halogens is 2. The fourth-order valence-electron chi connectivity index (χ4n) is 3.02. The van der Waals surface area contributed by atoms with Crippen LogP contribution >= 0.6 is 22.9 Å². The lowest BCUT2D eigenvalue weighted by Crippen LogP contribution is -2.34. The standard InChI is InChI=1S/C22H17ClFNO5S/c23-14-3-5-18(24)17(10-14)22(27)30-13-21(26)25(12-16-2-1-9-31-16)15-4-6-19-20(11-15)29-8-7-28-19/h1-6,9-11H,7-8,12-13H2. The molecule has 0 unspecified atom stereocenters. The third-order valence-electron chi connectivity index (χ3n) is 4.51. The lowest BCUT2D eigenvalue weighted by Gasteiger charge is -2.25. The van der Waals surface area contributed by atoms with Gasteiger partial charge >= 0.3 is 5.97 Å². The van der Waals surface area contributed by atoms with E-state index in [9.17, 15) is 14.0 Å². The number of esters is 1. The third kappa shape index (κ3) is 4.98. The Morgan fingerprint density at radius 3 is 2.68 bits per heavy atom. The molecule has 1 aliphatic rings. The maximum Gasteiger partial charge on any atom is 0.341 e. The summed E-state index contributed by atoms with van der Waals surface area (Å²) in [5.41, 5.74) is 0.233. The third-order valence-corrected chi connectivity index (χ3v) is 5.60. The lowest BCUT2D eigenvalue weighted by atomic mass is 10.2. The van der Waals surface area contributed by atoms with Gasteiger partial charge in [-0.3, -0.25) is 4.79 Å². The normalized spacial score (nSPS) is 12.3. The lowest BCUT2D eigenvalue weighted by molar-refractivity contribution is -0.121. The zero-order chi connectivity index (χ0) is 21.8. The van der Waals surface area contributed by atoms with Crippen molar-refractivity contribution in [3.8, 4) is 11.5 Å². The molecule has 0 fully saturated rings. The minimum atomic E-state index is -0.966. The van der Waals surface area contributed by atoms with Crippen LogP contribution < -0.4 is 14.4 Å². The molecule has 0 spiro atoms. The zero-order valence-electron chi connectivity index (χ0n) is 16.2. The Morgan fingerprint density at radius 1 is 1.10 bits per heavy atom. The molecule has 0 atom stereocenters. The number of anilines is 1. The zero-order valence-corrected chi connectivity index (χ0v) is 17.7. The van der Waals surface area contributed by atoms with Crippen LogP contribution in [0.3, 0.4) is 0 Å². The Balaban J connectivity index is 1.53. The number of carbonyl (C=O) groups is 2. The molecule has 9 heteroatoms. The predicted octanol–water partition coefficient (Wildman–Crippen LogP) is 4.70. The second kappa shape index (κ2) is 9.36. The maximum atomic E-state index is 13.9. The van der Waals surface area contributed by atoms with Crippen molar-refractivity contribution in [3.63, 3.8) is 0 Å². The molecule has 0 N–H and O–H groups in total. The highest BCUT2D eigenvalue weighted by Gasteiger charge is 2.23. The van der Waals surface area contributed by atoms with Gasteiger partial charge in [-0.1, -0.05) is 17.7 Å². The number of thiophene rings is 1. The first kappa shape index (κ1) is 21.1. The molecule has 2 aromatic carbocycles. The van der Waals surface area contributed by atoms with E-state index in [1.165, 1.54) is 22.3 Å². The Labute approximate surface area is 186 Å². The van der Waals surface area contributed by atoms with Crippen molar-refractivity contribution >= 4 is 40.5 Å². The van der Waals surface area contributed by atoms with Gasteiger partial charge in [0, 0.05) is 21.7 Å². The van der Waals surface area contributed by atoms with E-state index >= 15 is 0 Å². The number of fused-ring (bicyclic) bond motifs is 1. The van der Waals surface area contributed by atoms with Gasteiger partial charge in [0.1, 0.15) is 19.0 Å². The average Bonchev–Trinajstić information content (AvgIpc) is 3.30. The second-order valence-corrected chi connectivity index (χ2v) is 8.06. The average molecular weight is 462 g/mol. The summed E-state index contributed by atoms with van der Waals surface area (Å²) in [7, 11) is 0. The van der Waals surface area contributed by atoms with Gasteiger partial charge in [0.25, 0.3) is 5.91 Å². The second-order valence-electron chi connectivity index (χ2n) is 6.59. The van der Waals surface area contributed by atoms with E-state index in [2.05, 4.69) is 0 Å². The molecule has 3 aromatic rings. The Bertz CT molecular complexity index is 1110. The number of hydrogen-bond donors (Lipinski definition) is 0. The molecule has 1 aliphatic heterocycles. The maximum absolute atomic E-state index is 13.9. The highest BCUT2D eigenvalue weighted by atomic mass is 35.5. The fourth-order valence-corrected chi connectivity index (χ4v) is 3.88. The highest BCUT2D eigenvalue weighted by molar-refractivity contribution is 7.09. The molecule has 0 aliphatic carbocycles. The number of rotatable bonds is 6. The van der Waals surface area contributed by atoms with E-state index in [0.717, 1.165) is 17.0 Å². The van der Waals surface area contributed by atoms with Crippen molar-refractivity contribution < 1.29 is 28.2 Å². The number of benzene rings is 2. The van der Waals surface area contributed by atoms with Crippen LogP contribution in [-0.2, 0) is 16.1 Å². The van der Waals surface area contributed by atoms with Crippen LogP contribution in [0.4, 0.5) is 10.1 Å². The molecule has 160 valence electrons. The summed E-state index contributed by atoms with van der Waals surface area (Å²) in [6, 6.07) is 12.5. The van der Waals surface area contributed by atoms with E-state index < -0.39 is 24.3 Å². The van der Waals surface area contributed by atoms with Crippen molar-refractivity contribution in [2.45, 2.75) is 6.54 Å². The van der Waals surface area contributed by atoms with Gasteiger partial charge in [-0.2, -0.15) is 0 Å². The summed E-state index contributed by atoms with van der Waals surface area (Å²) >= 11 is 7.32. The molecular weight excluding hydrogens is 445 g/mol. The van der Waals surface area contributed by atoms with Gasteiger partial charge in [-0.05, 0) is 41.8 Å². The molecule has 0 bridgehead atoms. The van der Waals surface area contributed by atoms with E-state index in [1.807, 2.05) is 17.5 Å². The van der Waals surface area contributed by atoms with Gasteiger partial charge in [0.2, 0.25) is 0 Å². The molecule has 6 nitrogen and oxygen atoms in total. The van der Waals surface area contributed by atoms with E-state index in [0.29, 0.717) is 30.4 Å². The molecule has 0 saturated carbocycles. The summed E-state index contributed by atoms with van der Waals surface area (Å²) < 4.78 is 30.1. The molecule has 0 saturated heterocycles. The summed E-state index contributed by atoms with van der Waals surface area (Å²) in [6.07, 6.45) is 0. The molecule has 1 amide bonds. The minimum absolute atomic E-state index is 0.190. The fraction of sp³-hybridized carbons (Fsp3) is 0.182. The van der Waals surface area contributed by atoms with Gasteiger partial charge in [-0.25, -0.2) is 9.18 Å². The summed E-state index contributed by atoms with van der Waals surface area (Å²) in [4.78, 5) is 27.7. The van der Waals surface area contributed by atoms with Crippen LogP contribution in [-0.4, -0.2) is 31.7 Å². The van der Waals surface area contributed by atoms with Gasteiger partial charge in [-0.15, -0.1) is 11.3 Å². The number of hydrogen-bond acceptors (Lipinski definition) is 6. The van der Waals surface area contributed by atoms with Gasteiger partial charge in [0.05, 0.1) is 12.1 Å². The molecular formula is C22H17ClFNO5S.